The van der Waals surface area contributed by atoms with Gasteiger partial charge in [0.05, 0.1) is 12.1 Å². The van der Waals surface area contributed by atoms with E-state index in [0.717, 1.165) is 0 Å². The molecule has 7 atom stereocenters. The molecule has 0 saturated carbocycles. The standard InChI is InChI=1S/C28H49N7O12S/c1-14(23(41)32-18(7-9-20(37)38)25(43)34-19(28(46)47)8-10-21(39)40)31-27(45)22(15(2)36)35-26(44)17(6-4-5-12-29)33-24(42)16(30)11-13-48-3/h14-19,22,36H,4-13,29-30H2,1-3H3,(H,31,45)(H,32,41)(H,33,42)(H,34,43)(H,35,44)(H,37,38)(H,39,40)(H,46,47)/t14-,15+,16-,17-,18-,19-,22-/m0/s1. The zero-order valence-electron chi connectivity index (χ0n) is 27.2. The Bertz CT molecular complexity index is 1130. The molecule has 5 amide bonds. The van der Waals surface area contributed by atoms with Gasteiger partial charge in [0.25, 0.3) is 0 Å². The lowest BCUT2D eigenvalue weighted by Crippen LogP contribution is -2.60. The normalized spacial score (nSPS) is 15.3. The molecule has 0 aliphatic heterocycles. The van der Waals surface area contributed by atoms with Crippen LogP contribution in [-0.2, 0) is 38.4 Å². The Balaban J connectivity index is 5.70. The molecule has 0 radical (unpaired) electrons. The number of rotatable bonds is 25. The SMILES string of the molecule is CSCC[C@H](N)C(=O)N[C@@H](CCCCN)C(=O)N[C@H](C(=O)N[C@@H](C)C(=O)N[C@@H](CCC(=O)O)C(=O)N[C@@H](CCC(=O)O)C(=O)O)[C@@H](C)O. The quantitative estimate of drug-likeness (QED) is 0.0417. The molecule has 274 valence electrons. The Morgan fingerprint density at radius 1 is 0.646 bits per heavy atom. The van der Waals surface area contributed by atoms with Crippen LogP contribution in [0.4, 0.5) is 0 Å². The number of thioether (sulfide) groups is 1. The molecule has 0 aromatic heterocycles. The molecule has 0 aromatic rings. The van der Waals surface area contributed by atoms with Gasteiger partial charge in [0.2, 0.25) is 29.5 Å². The Hall–Kier alpha value is -4.01. The van der Waals surface area contributed by atoms with E-state index in [-0.39, 0.29) is 6.42 Å². The van der Waals surface area contributed by atoms with E-state index in [1.807, 2.05) is 6.26 Å². The van der Waals surface area contributed by atoms with Crippen molar-refractivity contribution in [3.8, 4) is 0 Å². The first-order valence-electron chi connectivity index (χ1n) is 15.3. The van der Waals surface area contributed by atoms with Gasteiger partial charge in [0, 0.05) is 12.8 Å². The predicted octanol–water partition coefficient (Wildman–Crippen LogP) is -3.17. The molecular formula is C28H49N7O12S. The van der Waals surface area contributed by atoms with Gasteiger partial charge in [-0.25, -0.2) is 4.79 Å². The van der Waals surface area contributed by atoms with Crippen molar-refractivity contribution in [2.75, 3.05) is 18.6 Å². The molecule has 0 rings (SSSR count). The Morgan fingerprint density at radius 2 is 1.15 bits per heavy atom. The maximum absolute atomic E-state index is 13.2. The second-order valence-corrected chi connectivity index (χ2v) is 12.0. The van der Waals surface area contributed by atoms with E-state index in [4.69, 9.17) is 21.7 Å². The number of aliphatic hydroxyl groups is 1. The van der Waals surface area contributed by atoms with Crippen LogP contribution in [0.15, 0.2) is 0 Å². The third-order valence-electron chi connectivity index (χ3n) is 6.91. The fraction of sp³-hybridized carbons (Fsp3) is 0.714. The van der Waals surface area contributed by atoms with Gasteiger partial charge in [-0.2, -0.15) is 11.8 Å². The van der Waals surface area contributed by atoms with E-state index in [0.29, 0.717) is 31.6 Å². The van der Waals surface area contributed by atoms with Gasteiger partial charge in [0.15, 0.2) is 0 Å². The zero-order chi connectivity index (χ0) is 37.0. The summed E-state index contributed by atoms with van der Waals surface area (Å²) in [6, 6.07) is -8.29. The highest BCUT2D eigenvalue weighted by atomic mass is 32.2. The van der Waals surface area contributed by atoms with E-state index < -0.39 is 115 Å². The monoisotopic (exact) mass is 707 g/mol. The Kier molecular flexibility index (Phi) is 21.4. The first kappa shape index (κ1) is 44.0. The largest absolute Gasteiger partial charge is 0.481 e. The minimum Gasteiger partial charge on any atom is -0.481 e. The molecule has 0 aliphatic carbocycles. The van der Waals surface area contributed by atoms with E-state index in [9.17, 15) is 48.6 Å². The Morgan fingerprint density at radius 3 is 1.65 bits per heavy atom. The van der Waals surface area contributed by atoms with Crippen molar-refractivity contribution < 1.29 is 58.8 Å². The summed E-state index contributed by atoms with van der Waals surface area (Å²) in [5.74, 6) is -8.13. The maximum atomic E-state index is 13.2. The highest BCUT2D eigenvalue weighted by Gasteiger charge is 2.33. The van der Waals surface area contributed by atoms with Gasteiger partial charge in [-0.05, 0) is 70.9 Å². The number of unbranched alkanes of at least 4 members (excludes halogenated alkanes) is 1. The fourth-order valence-corrected chi connectivity index (χ4v) is 4.56. The summed E-state index contributed by atoms with van der Waals surface area (Å²) in [5, 5.41) is 49.0. The van der Waals surface area contributed by atoms with E-state index in [1.54, 1.807) is 0 Å². The Labute approximate surface area is 282 Å². The summed E-state index contributed by atoms with van der Waals surface area (Å²) < 4.78 is 0. The van der Waals surface area contributed by atoms with Gasteiger partial charge in [0.1, 0.15) is 30.2 Å². The lowest BCUT2D eigenvalue weighted by atomic mass is 10.1. The van der Waals surface area contributed by atoms with Gasteiger partial charge < -0.3 is 58.5 Å². The van der Waals surface area contributed by atoms with Crippen molar-refractivity contribution in [1.82, 2.24) is 26.6 Å². The summed E-state index contributed by atoms with van der Waals surface area (Å²) in [6.45, 7) is 2.72. The highest BCUT2D eigenvalue weighted by Crippen LogP contribution is 2.07. The van der Waals surface area contributed by atoms with E-state index in [2.05, 4.69) is 26.6 Å². The second kappa shape index (κ2) is 23.3. The number of nitrogens with one attached hydrogen (secondary N) is 5. The van der Waals surface area contributed by atoms with Crippen molar-refractivity contribution >= 4 is 59.2 Å². The smallest absolute Gasteiger partial charge is 0.326 e. The molecule has 48 heavy (non-hydrogen) atoms. The number of carbonyl (C=O) groups excluding carboxylic acids is 5. The lowest BCUT2D eigenvalue weighted by Gasteiger charge is -2.27. The average Bonchev–Trinajstić information content (AvgIpc) is 3.00. The molecule has 0 spiro atoms. The van der Waals surface area contributed by atoms with E-state index in [1.165, 1.54) is 25.6 Å². The predicted molar refractivity (Wildman–Crippen MR) is 172 cm³/mol. The third-order valence-corrected chi connectivity index (χ3v) is 7.55. The molecule has 0 bridgehead atoms. The molecule has 19 nitrogen and oxygen atoms in total. The number of nitrogens with two attached hydrogens (primary N) is 2. The van der Waals surface area contributed by atoms with Gasteiger partial charge in [-0.1, -0.05) is 0 Å². The third kappa shape index (κ3) is 17.8. The topological polar surface area (TPSA) is 330 Å². The van der Waals surface area contributed by atoms with Crippen molar-refractivity contribution in [3.63, 3.8) is 0 Å². The van der Waals surface area contributed by atoms with Crippen LogP contribution in [0, 0.1) is 0 Å². The molecule has 20 heteroatoms. The van der Waals surface area contributed by atoms with Crippen LogP contribution in [-0.4, -0.2) is 129 Å². The van der Waals surface area contributed by atoms with Gasteiger partial charge >= 0.3 is 17.9 Å². The number of carbonyl (C=O) groups is 8. The maximum Gasteiger partial charge on any atom is 0.326 e. The number of hydrogen-bond acceptors (Lipinski definition) is 12. The second-order valence-electron chi connectivity index (χ2n) is 11.0. The molecule has 13 N–H and O–H groups in total. The number of amides is 5. The molecule has 0 fully saturated rings. The highest BCUT2D eigenvalue weighted by molar-refractivity contribution is 7.98. The first-order valence-corrected chi connectivity index (χ1v) is 16.6. The minimum atomic E-state index is -1.65. The fourth-order valence-electron chi connectivity index (χ4n) is 4.07. The van der Waals surface area contributed by atoms with Crippen molar-refractivity contribution in [2.24, 2.45) is 11.5 Å². The number of carboxylic acid groups (broad SMARTS) is 3. The van der Waals surface area contributed by atoms with Crippen molar-refractivity contribution in [3.05, 3.63) is 0 Å². The van der Waals surface area contributed by atoms with Crippen molar-refractivity contribution in [1.29, 1.82) is 0 Å². The van der Waals surface area contributed by atoms with Crippen LogP contribution in [0.1, 0.15) is 65.2 Å². The minimum absolute atomic E-state index is 0.149. The number of hydrogen-bond donors (Lipinski definition) is 11. The van der Waals surface area contributed by atoms with Crippen LogP contribution < -0.4 is 38.1 Å². The summed E-state index contributed by atoms with van der Waals surface area (Å²) >= 11 is 1.49. The molecular weight excluding hydrogens is 658 g/mol. The molecule has 0 heterocycles. The van der Waals surface area contributed by atoms with Crippen LogP contribution in [0.25, 0.3) is 0 Å². The van der Waals surface area contributed by atoms with Crippen LogP contribution in [0.3, 0.4) is 0 Å². The molecule has 0 aliphatic rings. The summed E-state index contributed by atoms with van der Waals surface area (Å²) in [7, 11) is 0. The van der Waals surface area contributed by atoms with Gasteiger partial charge in [-0.3, -0.25) is 33.6 Å². The summed E-state index contributed by atoms with van der Waals surface area (Å²) in [6.07, 6.45) is -0.341. The molecule has 0 unspecified atom stereocenters. The molecule has 0 saturated heterocycles. The number of aliphatic hydroxyl groups excluding tert-OH is 1. The van der Waals surface area contributed by atoms with Crippen LogP contribution in [0.2, 0.25) is 0 Å². The van der Waals surface area contributed by atoms with E-state index >= 15 is 0 Å². The summed E-state index contributed by atoms with van der Waals surface area (Å²) in [4.78, 5) is 98.1. The zero-order valence-corrected chi connectivity index (χ0v) is 28.0. The first-order chi connectivity index (χ1) is 22.4. The lowest BCUT2D eigenvalue weighted by molar-refractivity contribution is -0.144. The summed E-state index contributed by atoms with van der Waals surface area (Å²) in [5.41, 5.74) is 11.5. The average molecular weight is 708 g/mol. The van der Waals surface area contributed by atoms with Crippen molar-refractivity contribution in [2.45, 2.75) is 108 Å². The van der Waals surface area contributed by atoms with Crippen LogP contribution in [0.5, 0.6) is 0 Å². The van der Waals surface area contributed by atoms with Crippen LogP contribution >= 0.6 is 11.8 Å². The molecule has 0 aromatic carbocycles. The number of aliphatic carboxylic acids is 3. The number of carboxylic acids is 3. The van der Waals surface area contributed by atoms with Gasteiger partial charge in [-0.15, -0.1) is 0 Å².